The molecule has 0 aromatic rings. The molecule has 2 N–H and O–H groups in total. The minimum atomic E-state index is 0.243. The van der Waals surface area contributed by atoms with E-state index in [4.69, 9.17) is 5.73 Å². The van der Waals surface area contributed by atoms with Crippen molar-refractivity contribution in [2.75, 3.05) is 13.6 Å². The van der Waals surface area contributed by atoms with Gasteiger partial charge in [0.1, 0.15) is 0 Å². The van der Waals surface area contributed by atoms with Crippen molar-refractivity contribution in [1.29, 1.82) is 0 Å². The van der Waals surface area contributed by atoms with E-state index in [0.29, 0.717) is 17.4 Å². The second-order valence-corrected chi connectivity index (χ2v) is 6.86. The molecule has 1 rings (SSSR count). The lowest BCUT2D eigenvalue weighted by molar-refractivity contribution is 0.0594. The summed E-state index contributed by atoms with van der Waals surface area (Å²) in [6.45, 7) is 12.5. The van der Waals surface area contributed by atoms with E-state index in [2.05, 4.69) is 46.6 Å². The number of hydrogen-bond donors (Lipinski definition) is 1. The first-order chi connectivity index (χ1) is 7.24. The number of rotatable bonds is 4. The first-order valence-corrected chi connectivity index (χ1v) is 6.67. The van der Waals surface area contributed by atoms with Gasteiger partial charge in [-0.3, -0.25) is 4.90 Å². The van der Waals surface area contributed by atoms with Gasteiger partial charge in [-0.2, -0.15) is 0 Å². The summed E-state index contributed by atoms with van der Waals surface area (Å²) in [6, 6.07) is 0.609. The molecular formula is C14H30N2. The Labute approximate surface area is 102 Å². The first kappa shape index (κ1) is 14.0. The average Bonchev–Trinajstić information content (AvgIpc) is 2.53. The highest BCUT2D eigenvalue weighted by atomic mass is 15.2. The zero-order chi connectivity index (χ0) is 12.6. The van der Waals surface area contributed by atoms with Crippen LogP contribution in [0.3, 0.4) is 0 Å². The Balaban J connectivity index is 2.82. The van der Waals surface area contributed by atoms with Crippen molar-refractivity contribution in [3.63, 3.8) is 0 Å². The fourth-order valence-electron chi connectivity index (χ4n) is 3.14. The monoisotopic (exact) mass is 226 g/mol. The quantitative estimate of drug-likeness (QED) is 0.798. The maximum absolute atomic E-state index is 6.09. The smallest absolute Gasteiger partial charge is 0.0336 e. The molecule has 1 saturated carbocycles. The third-order valence-electron chi connectivity index (χ3n) is 4.78. The van der Waals surface area contributed by atoms with Crippen LogP contribution in [0.5, 0.6) is 0 Å². The van der Waals surface area contributed by atoms with Gasteiger partial charge in [-0.15, -0.1) is 0 Å². The molecule has 0 aromatic heterocycles. The van der Waals surface area contributed by atoms with Crippen LogP contribution in [-0.2, 0) is 0 Å². The highest BCUT2D eigenvalue weighted by Gasteiger charge is 2.46. The molecule has 0 amide bonds. The van der Waals surface area contributed by atoms with Gasteiger partial charge in [0.15, 0.2) is 0 Å². The maximum atomic E-state index is 6.09. The van der Waals surface area contributed by atoms with Crippen LogP contribution in [0.4, 0.5) is 0 Å². The van der Waals surface area contributed by atoms with Crippen LogP contribution in [-0.4, -0.2) is 30.1 Å². The van der Waals surface area contributed by atoms with Gasteiger partial charge in [0, 0.05) is 18.1 Å². The molecular weight excluding hydrogens is 196 g/mol. The molecule has 2 atom stereocenters. The number of nitrogens with zero attached hydrogens (tertiary/aromatic N) is 1. The largest absolute Gasteiger partial charge is 0.329 e. The maximum Gasteiger partial charge on any atom is 0.0336 e. The Hall–Kier alpha value is -0.0800. The molecule has 0 aromatic carbocycles. The highest BCUT2D eigenvalue weighted by Crippen LogP contribution is 2.46. The Morgan fingerprint density at radius 2 is 1.75 bits per heavy atom. The van der Waals surface area contributed by atoms with Crippen LogP contribution in [0.15, 0.2) is 0 Å². The van der Waals surface area contributed by atoms with Gasteiger partial charge >= 0.3 is 0 Å². The highest BCUT2D eigenvalue weighted by molar-refractivity contribution is 5.02. The molecule has 16 heavy (non-hydrogen) atoms. The van der Waals surface area contributed by atoms with Gasteiger partial charge < -0.3 is 5.73 Å². The molecule has 2 nitrogen and oxygen atoms in total. The van der Waals surface area contributed by atoms with E-state index in [9.17, 15) is 0 Å². The molecule has 2 unspecified atom stereocenters. The van der Waals surface area contributed by atoms with Crippen molar-refractivity contribution >= 4 is 0 Å². The van der Waals surface area contributed by atoms with Gasteiger partial charge in [-0.05, 0) is 44.6 Å². The summed E-state index contributed by atoms with van der Waals surface area (Å²) in [5.74, 6) is 0.692. The summed E-state index contributed by atoms with van der Waals surface area (Å²) in [5.41, 5.74) is 6.79. The zero-order valence-electron chi connectivity index (χ0n) is 12.0. The molecule has 0 radical (unpaired) electrons. The molecule has 96 valence electrons. The van der Waals surface area contributed by atoms with E-state index in [1.165, 1.54) is 19.3 Å². The molecule has 0 saturated heterocycles. The number of nitrogens with two attached hydrogens (primary N) is 1. The molecule has 0 bridgehead atoms. The van der Waals surface area contributed by atoms with Crippen LogP contribution in [0.25, 0.3) is 0 Å². The predicted octanol–water partition coefficient (Wildman–Crippen LogP) is 2.87. The Morgan fingerprint density at radius 3 is 2.06 bits per heavy atom. The van der Waals surface area contributed by atoms with Crippen LogP contribution in [0.1, 0.15) is 53.9 Å². The van der Waals surface area contributed by atoms with Crippen LogP contribution in [0.2, 0.25) is 0 Å². The van der Waals surface area contributed by atoms with Gasteiger partial charge in [-0.1, -0.05) is 27.7 Å². The second kappa shape index (κ2) is 4.66. The van der Waals surface area contributed by atoms with Crippen molar-refractivity contribution < 1.29 is 0 Å². The summed E-state index contributed by atoms with van der Waals surface area (Å²) in [5, 5.41) is 0. The molecule has 0 spiro atoms. The standard InChI is InChI=1S/C14H30N2/c1-11(2)12(3)16(6)14(10-15)8-7-13(4,5)9-14/h11-12H,7-10,15H2,1-6H3. The summed E-state index contributed by atoms with van der Waals surface area (Å²) in [7, 11) is 2.26. The lowest BCUT2D eigenvalue weighted by Gasteiger charge is -2.44. The normalized spacial score (nSPS) is 31.3. The van der Waals surface area contributed by atoms with E-state index < -0.39 is 0 Å². The van der Waals surface area contributed by atoms with Crippen LogP contribution >= 0.6 is 0 Å². The van der Waals surface area contributed by atoms with Crippen molar-refractivity contribution in [2.24, 2.45) is 17.1 Å². The Bertz CT molecular complexity index is 235. The fraction of sp³-hybridized carbons (Fsp3) is 1.00. The minimum absolute atomic E-state index is 0.243. The second-order valence-electron chi connectivity index (χ2n) is 6.86. The molecule has 1 aliphatic rings. The van der Waals surface area contributed by atoms with Gasteiger partial charge in [0.05, 0.1) is 0 Å². The van der Waals surface area contributed by atoms with Crippen LogP contribution in [0, 0.1) is 11.3 Å². The van der Waals surface area contributed by atoms with Crippen molar-refractivity contribution in [2.45, 2.75) is 65.5 Å². The summed E-state index contributed by atoms with van der Waals surface area (Å²) in [6.07, 6.45) is 3.80. The minimum Gasteiger partial charge on any atom is -0.329 e. The molecule has 2 heteroatoms. The number of likely N-dealkylation sites (N-methyl/N-ethyl adjacent to an activating group) is 1. The van der Waals surface area contributed by atoms with E-state index in [1.54, 1.807) is 0 Å². The Kier molecular flexibility index (Phi) is 4.07. The predicted molar refractivity (Wildman–Crippen MR) is 71.5 cm³/mol. The zero-order valence-corrected chi connectivity index (χ0v) is 12.0. The van der Waals surface area contributed by atoms with Crippen molar-refractivity contribution in [3.05, 3.63) is 0 Å². The van der Waals surface area contributed by atoms with Crippen molar-refractivity contribution in [1.82, 2.24) is 4.90 Å². The van der Waals surface area contributed by atoms with E-state index >= 15 is 0 Å². The summed E-state index contributed by atoms with van der Waals surface area (Å²) >= 11 is 0. The third kappa shape index (κ3) is 2.60. The van der Waals surface area contributed by atoms with E-state index in [-0.39, 0.29) is 5.54 Å². The van der Waals surface area contributed by atoms with E-state index in [1.807, 2.05) is 0 Å². The molecule has 1 aliphatic carbocycles. The van der Waals surface area contributed by atoms with Gasteiger partial charge in [0.25, 0.3) is 0 Å². The van der Waals surface area contributed by atoms with Crippen LogP contribution < -0.4 is 5.73 Å². The average molecular weight is 226 g/mol. The lowest BCUT2D eigenvalue weighted by Crippen LogP contribution is -2.55. The third-order valence-corrected chi connectivity index (χ3v) is 4.78. The molecule has 1 fully saturated rings. The lowest BCUT2D eigenvalue weighted by atomic mass is 9.85. The topological polar surface area (TPSA) is 29.3 Å². The van der Waals surface area contributed by atoms with Gasteiger partial charge in [-0.25, -0.2) is 0 Å². The first-order valence-electron chi connectivity index (χ1n) is 6.67. The molecule has 0 heterocycles. The van der Waals surface area contributed by atoms with E-state index in [0.717, 1.165) is 6.54 Å². The Morgan fingerprint density at radius 1 is 1.19 bits per heavy atom. The van der Waals surface area contributed by atoms with Crippen molar-refractivity contribution in [3.8, 4) is 0 Å². The summed E-state index contributed by atoms with van der Waals surface area (Å²) in [4.78, 5) is 2.55. The fourth-order valence-corrected chi connectivity index (χ4v) is 3.14. The summed E-state index contributed by atoms with van der Waals surface area (Å²) < 4.78 is 0. The number of hydrogen-bond acceptors (Lipinski definition) is 2. The SMILES string of the molecule is CC(C)C(C)N(C)C1(CN)CCC(C)(C)C1. The van der Waals surface area contributed by atoms with Gasteiger partial charge in [0.2, 0.25) is 0 Å². The molecule has 0 aliphatic heterocycles.